The molecule has 0 aliphatic rings. The Labute approximate surface area is 112 Å². The van der Waals surface area contributed by atoms with Crippen molar-refractivity contribution in [3.05, 3.63) is 24.0 Å². The molecule has 7 heteroatoms. The normalized spacial score (nSPS) is 12.5. The third-order valence-corrected chi connectivity index (χ3v) is 3.46. The highest BCUT2D eigenvalue weighted by Crippen LogP contribution is 2.23. The molecule has 0 aliphatic carbocycles. The van der Waals surface area contributed by atoms with Gasteiger partial charge in [0.15, 0.2) is 0 Å². The Morgan fingerprint density at radius 1 is 1.42 bits per heavy atom. The lowest BCUT2D eigenvalue weighted by atomic mass is 10.1. The predicted octanol–water partition coefficient (Wildman–Crippen LogP) is 1.07. The van der Waals surface area contributed by atoms with E-state index in [1.165, 1.54) is 12.1 Å². The molecular weight excluding hydrogens is 271 g/mol. The van der Waals surface area contributed by atoms with Crippen LogP contribution in [0.15, 0.2) is 23.1 Å². The number of aliphatic hydroxyl groups is 1. The molecular formula is C12H19FN2O3S. The van der Waals surface area contributed by atoms with E-state index in [2.05, 4.69) is 0 Å². The van der Waals surface area contributed by atoms with Crippen molar-refractivity contribution in [2.24, 2.45) is 5.14 Å². The Morgan fingerprint density at radius 2 is 2.00 bits per heavy atom. The molecule has 0 bridgehead atoms. The Morgan fingerprint density at radius 3 is 2.37 bits per heavy atom. The van der Waals surface area contributed by atoms with Crippen LogP contribution in [0.25, 0.3) is 0 Å². The zero-order valence-electron chi connectivity index (χ0n) is 11.2. The van der Waals surface area contributed by atoms with E-state index in [1.54, 1.807) is 18.7 Å². The molecule has 1 rings (SSSR count). The topological polar surface area (TPSA) is 83.6 Å². The summed E-state index contributed by atoms with van der Waals surface area (Å²) in [7, 11) is -3.92. The molecule has 0 atom stereocenters. The van der Waals surface area contributed by atoms with Crippen molar-refractivity contribution in [1.29, 1.82) is 0 Å². The summed E-state index contributed by atoms with van der Waals surface area (Å²) in [6, 6.07) is 3.49. The molecule has 1 aromatic rings. The fourth-order valence-corrected chi connectivity index (χ4v) is 2.28. The number of hydrogen-bond donors (Lipinski definition) is 2. The lowest BCUT2D eigenvalue weighted by Crippen LogP contribution is -2.39. The van der Waals surface area contributed by atoms with Gasteiger partial charge in [0.1, 0.15) is 5.82 Å². The van der Waals surface area contributed by atoms with Crippen LogP contribution in [-0.4, -0.2) is 32.2 Å². The maximum atomic E-state index is 13.9. The maximum Gasteiger partial charge on any atom is 0.238 e. The molecule has 108 valence electrons. The number of rotatable bonds is 5. The quantitative estimate of drug-likeness (QED) is 0.849. The van der Waals surface area contributed by atoms with Gasteiger partial charge < -0.3 is 10.0 Å². The van der Waals surface area contributed by atoms with Crippen LogP contribution in [0.2, 0.25) is 0 Å². The van der Waals surface area contributed by atoms with E-state index in [1.807, 2.05) is 6.92 Å². The number of sulfonamides is 1. The zero-order chi connectivity index (χ0) is 14.8. The van der Waals surface area contributed by atoms with E-state index >= 15 is 0 Å². The van der Waals surface area contributed by atoms with Crippen LogP contribution in [-0.2, 0) is 10.0 Å². The molecule has 0 aliphatic heterocycles. The summed E-state index contributed by atoms with van der Waals surface area (Å²) in [5.41, 5.74) is -0.752. The van der Waals surface area contributed by atoms with Crippen molar-refractivity contribution in [1.82, 2.24) is 0 Å². The first-order valence-electron chi connectivity index (χ1n) is 5.84. The minimum Gasteiger partial charge on any atom is -0.389 e. The molecule has 19 heavy (non-hydrogen) atoms. The molecule has 5 nitrogen and oxygen atoms in total. The highest BCUT2D eigenvalue weighted by Gasteiger charge is 2.21. The van der Waals surface area contributed by atoms with Gasteiger partial charge in [0, 0.05) is 13.1 Å². The van der Waals surface area contributed by atoms with E-state index in [0.29, 0.717) is 6.54 Å². The van der Waals surface area contributed by atoms with Crippen molar-refractivity contribution in [3.63, 3.8) is 0 Å². The molecule has 0 saturated heterocycles. The second-order valence-corrected chi connectivity index (χ2v) is 6.55. The van der Waals surface area contributed by atoms with E-state index in [0.717, 1.165) is 6.07 Å². The lowest BCUT2D eigenvalue weighted by Gasteiger charge is -2.30. The number of nitrogens with zero attached hydrogens (tertiary/aromatic N) is 1. The average Bonchev–Trinajstić information content (AvgIpc) is 2.23. The van der Waals surface area contributed by atoms with Crippen LogP contribution >= 0.6 is 0 Å². The predicted molar refractivity (Wildman–Crippen MR) is 72.0 cm³/mol. The fourth-order valence-electron chi connectivity index (χ4n) is 1.76. The molecule has 0 radical (unpaired) electrons. The molecule has 0 aromatic heterocycles. The number of likely N-dealkylation sites (N-methyl/N-ethyl adjacent to an activating group) is 1. The van der Waals surface area contributed by atoms with Gasteiger partial charge in [-0.15, -0.1) is 0 Å². The minimum atomic E-state index is -3.92. The van der Waals surface area contributed by atoms with E-state index in [-0.39, 0.29) is 17.1 Å². The van der Waals surface area contributed by atoms with Crippen molar-refractivity contribution < 1.29 is 17.9 Å². The summed E-state index contributed by atoms with van der Waals surface area (Å²) < 4.78 is 36.2. The number of hydrogen-bond acceptors (Lipinski definition) is 4. The van der Waals surface area contributed by atoms with Crippen molar-refractivity contribution in [2.75, 3.05) is 18.0 Å². The Hall–Kier alpha value is -1.18. The third kappa shape index (κ3) is 4.45. The third-order valence-electron chi connectivity index (χ3n) is 2.55. The van der Waals surface area contributed by atoms with Gasteiger partial charge in [-0.1, -0.05) is 0 Å². The summed E-state index contributed by atoms with van der Waals surface area (Å²) in [4.78, 5) is 1.36. The fraction of sp³-hybridized carbons (Fsp3) is 0.500. The highest BCUT2D eigenvalue weighted by atomic mass is 32.2. The molecule has 0 saturated carbocycles. The van der Waals surface area contributed by atoms with E-state index in [4.69, 9.17) is 5.14 Å². The molecule has 0 spiro atoms. The molecule has 0 unspecified atom stereocenters. The van der Waals surface area contributed by atoms with E-state index in [9.17, 15) is 17.9 Å². The van der Waals surface area contributed by atoms with Crippen LogP contribution in [0, 0.1) is 5.82 Å². The second-order valence-electron chi connectivity index (χ2n) is 4.98. The largest absolute Gasteiger partial charge is 0.389 e. The van der Waals surface area contributed by atoms with Crippen LogP contribution in [0.4, 0.5) is 10.1 Å². The average molecular weight is 290 g/mol. The van der Waals surface area contributed by atoms with Gasteiger partial charge in [-0.3, -0.25) is 0 Å². The molecule has 0 fully saturated rings. The number of halogens is 1. The van der Waals surface area contributed by atoms with Crippen LogP contribution in [0.1, 0.15) is 20.8 Å². The Kier molecular flexibility index (Phi) is 4.54. The monoisotopic (exact) mass is 290 g/mol. The van der Waals surface area contributed by atoms with Gasteiger partial charge in [-0.25, -0.2) is 17.9 Å². The summed E-state index contributed by atoms with van der Waals surface area (Å²) in [5.74, 6) is -0.683. The van der Waals surface area contributed by atoms with E-state index < -0.39 is 21.4 Å². The summed E-state index contributed by atoms with van der Waals surface area (Å²) >= 11 is 0. The summed E-state index contributed by atoms with van der Waals surface area (Å²) in [6.07, 6.45) is 0. The molecule has 3 N–H and O–H groups in total. The van der Waals surface area contributed by atoms with Crippen molar-refractivity contribution in [2.45, 2.75) is 31.3 Å². The number of benzene rings is 1. The SMILES string of the molecule is CCN(CC(C)(C)O)c1ccc(S(N)(=O)=O)cc1F. The van der Waals surface area contributed by atoms with Crippen molar-refractivity contribution >= 4 is 15.7 Å². The van der Waals surface area contributed by atoms with Gasteiger partial charge in [0.2, 0.25) is 10.0 Å². The standard InChI is InChI=1S/C12H19FN2O3S/c1-4-15(8-12(2,3)16)11-6-5-9(7-10(11)13)19(14,17)18/h5-7,16H,4,8H2,1-3H3,(H2,14,17,18). The number of primary sulfonamides is 1. The second kappa shape index (κ2) is 5.44. The first kappa shape index (κ1) is 15.9. The summed E-state index contributed by atoms with van der Waals surface area (Å²) in [6.45, 7) is 5.77. The van der Waals surface area contributed by atoms with Crippen molar-refractivity contribution in [3.8, 4) is 0 Å². The first-order valence-corrected chi connectivity index (χ1v) is 7.39. The van der Waals surface area contributed by atoms with Crippen LogP contribution in [0.3, 0.4) is 0 Å². The minimum absolute atomic E-state index is 0.231. The first-order chi connectivity index (χ1) is 8.54. The molecule has 0 heterocycles. The van der Waals surface area contributed by atoms with Gasteiger partial charge in [-0.05, 0) is 39.0 Å². The number of nitrogens with two attached hydrogens (primary N) is 1. The lowest BCUT2D eigenvalue weighted by molar-refractivity contribution is 0.0874. The van der Waals surface area contributed by atoms with Gasteiger partial charge in [0.05, 0.1) is 16.2 Å². The van der Waals surface area contributed by atoms with Crippen LogP contribution < -0.4 is 10.0 Å². The van der Waals surface area contributed by atoms with Gasteiger partial charge >= 0.3 is 0 Å². The highest BCUT2D eigenvalue weighted by molar-refractivity contribution is 7.89. The van der Waals surface area contributed by atoms with Gasteiger partial charge in [0.25, 0.3) is 0 Å². The van der Waals surface area contributed by atoms with Gasteiger partial charge in [-0.2, -0.15) is 0 Å². The molecule has 1 aromatic carbocycles. The Bertz CT molecular complexity index is 553. The Balaban J connectivity index is 3.14. The summed E-state index contributed by atoms with van der Waals surface area (Å²) in [5, 5.41) is 14.7. The smallest absolute Gasteiger partial charge is 0.238 e. The zero-order valence-corrected chi connectivity index (χ0v) is 12.0. The maximum absolute atomic E-state index is 13.9. The molecule has 0 amide bonds. The number of anilines is 1. The van der Waals surface area contributed by atoms with Crippen LogP contribution in [0.5, 0.6) is 0 Å².